The average molecular weight is 439 g/mol. The van der Waals surface area contributed by atoms with Gasteiger partial charge >= 0.3 is 0 Å². The molecule has 0 saturated carbocycles. The quantitative estimate of drug-likeness (QED) is 0.415. The first-order chi connectivity index (χ1) is 14.6. The molecule has 2 heterocycles. The lowest BCUT2D eigenvalue weighted by molar-refractivity contribution is -0.118. The van der Waals surface area contributed by atoms with Crippen molar-refractivity contribution in [3.05, 3.63) is 83.1 Å². The molecule has 8 heteroatoms. The van der Waals surface area contributed by atoms with Gasteiger partial charge in [0.25, 0.3) is 0 Å². The van der Waals surface area contributed by atoms with Gasteiger partial charge in [-0.1, -0.05) is 65.3 Å². The molecule has 4 rings (SSSR count). The zero-order chi connectivity index (χ0) is 20.9. The van der Waals surface area contributed by atoms with Crippen LogP contribution in [-0.4, -0.2) is 26.4 Å². The lowest BCUT2D eigenvalue weighted by Crippen LogP contribution is -2.24. The molecule has 0 aliphatic heterocycles. The van der Waals surface area contributed by atoms with Gasteiger partial charge in [0.15, 0.2) is 10.9 Å². The van der Waals surface area contributed by atoms with Crippen LogP contribution in [0.5, 0.6) is 0 Å². The van der Waals surface area contributed by atoms with Crippen molar-refractivity contribution in [2.24, 2.45) is 0 Å². The molecule has 0 spiro atoms. The molecule has 0 aliphatic rings. The minimum atomic E-state index is -0.0890. The Balaban J connectivity index is 1.51. The van der Waals surface area contributed by atoms with Gasteiger partial charge in [-0.3, -0.25) is 9.36 Å². The van der Waals surface area contributed by atoms with E-state index in [1.165, 1.54) is 17.3 Å². The molecule has 2 aromatic heterocycles. The molecule has 6 nitrogen and oxygen atoms in total. The van der Waals surface area contributed by atoms with Crippen molar-refractivity contribution in [1.29, 1.82) is 0 Å². The van der Waals surface area contributed by atoms with Crippen LogP contribution in [0.2, 0.25) is 5.02 Å². The summed E-state index contributed by atoms with van der Waals surface area (Å²) in [5.41, 5.74) is 2.96. The number of para-hydroxylation sites is 1. The molecule has 2 aromatic carbocycles. The fraction of sp³-hybridized carbons (Fsp3) is 0.136. The smallest absolute Gasteiger partial charge is 0.230 e. The second-order valence-electron chi connectivity index (χ2n) is 6.62. The normalized spacial score (nSPS) is 10.9. The summed E-state index contributed by atoms with van der Waals surface area (Å²) >= 11 is 7.71. The van der Waals surface area contributed by atoms with Crippen LogP contribution in [0.1, 0.15) is 11.1 Å². The molecule has 0 aliphatic carbocycles. The average Bonchev–Trinajstić information content (AvgIpc) is 3.42. The number of furan rings is 1. The summed E-state index contributed by atoms with van der Waals surface area (Å²) in [6, 6.07) is 19.1. The summed E-state index contributed by atoms with van der Waals surface area (Å²) in [6.45, 7) is 2.51. The number of carbonyl (C=O) groups excluding carboxylic acids is 1. The minimum absolute atomic E-state index is 0.0890. The second kappa shape index (κ2) is 9.19. The van der Waals surface area contributed by atoms with Crippen LogP contribution in [0.25, 0.3) is 17.3 Å². The van der Waals surface area contributed by atoms with Gasteiger partial charge in [0.1, 0.15) is 0 Å². The SMILES string of the molecule is Cc1ccc(CNC(=O)CSc2nnc(-c3ccco3)n2-c2ccccc2Cl)cc1. The van der Waals surface area contributed by atoms with Crippen LogP contribution >= 0.6 is 23.4 Å². The maximum Gasteiger partial charge on any atom is 0.230 e. The van der Waals surface area contributed by atoms with Crippen molar-refractivity contribution < 1.29 is 9.21 Å². The number of halogens is 1. The third kappa shape index (κ3) is 4.58. The van der Waals surface area contributed by atoms with E-state index in [4.69, 9.17) is 16.0 Å². The Kier molecular flexibility index (Phi) is 6.21. The molecule has 1 amide bonds. The highest BCUT2D eigenvalue weighted by atomic mass is 35.5. The summed E-state index contributed by atoms with van der Waals surface area (Å²) in [6.07, 6.45) is 1.58. The number of aryl methyl sites for hydroxylation is 1. The molecule has 0 unspecified atom stereocenters. The number of nitrogens with one attached hydrogen (secondary N) is 1. The number of carbonyl (C=O) groups is 1. The van der Waals surface area contributed by atoms with Crippen LogP contribution in [-0.2, 0) is 11.3 Å². The molecule has 1 N–H and O–H groups in total. The number of benzene rings is 2. The molecule has 0 atom stereocenters. The molecule has 4 aromatic rings. The first-order valence-electron chi connectivity index (χ1n) is 9.31. The first kappa shape index (κ1) is 20.3. The fourth-order valence-electron chi connectivity index (χ4n) is 2.87. The number of thioether (sulfide) groups is 1. The molecule has 0 fully saturated rings. The molecule has 0 radical (unpaired) electrons. The highest BCUT2D eigenvalue weighted by Crippen LogP contribution is 2.31. The summed E-state index contributed by atoms with van der Waals surface area (Å²) < 4.78 is 7.31. The summed E-state index contributed by atoms with van der Waals surface area (Å²) in [4.78, 5) is 12.4. The van der Waals surface area contributed by atoms with E-state index in [9.17, 15) is 4.79 Å². The van der Waals surface area contributed by atoms with Gasteiger partial charge in [-0.2, -0.15) is 0 Å². The maximum absolute atomic E-state index is 12.4. The van der Waals surface area contributed by atoms with Crippen molar-refractivity contribution in [2.75, 3.05) is 5.75 Å². The number of aromatic nitrogens is 3. The second-order valence-corrected chi connectivity index (χ2v) is 7.97. The Labute approximate surface area is 183 Å². The topological polar surface area (TPSA) is 73.0 Å². The van der Waals surface area contributed by atoms with Crippen molar-refractivity contribution in [2.45, 2.75) is 18.6 Å². The molecule has 30 heavy (non-hydrogen) atoms. The van der Waals surface area contributed by atoms with Gasteiger partial charge in [-0.15, -0.1) is 10.2 Å². The standard InChI is InChI=1S/C22H19ClN4O2S/c1-15-8-10-16(11-9-15)13-24-20(28)14-30-22-26-25-21(19-7-4-12-29-19)27(22)18-6-3-2-5-17(18)23/h2-12H,13-14H2,1H3,(H,24,28). The van der Waals surface area contributed by atoms with E-state index in [0.29, 0.717) is 28.3 Å². The van der Waals surface area contributed by atoms with E-state index in [1.54, 1.807) is 29.0 Å². The van der Waals surface area contributed by atoms with Gasteiger partial charge in [0, 0.05) is 6.54 Å². The van der Waals surface area contributed by atoms with E-state index in [-0.39, 0.29) is 11.7 Å². The number of rotatable bonds is 7. The molecule has 152 valence electrons. The van der Waals surface area contributed by atoms with Gasteiger partial charge in [-0.05, 0) is 36.8 Å². The van der Waals surface area contributed by atoms with E-state index in [2.05, 4.69) is 15.5 Å². The maximum atomic E-state index is 12.4. The van der Waals surface area contributed by atoms with Crippen molar-refractivity contribution >= 4 is 29.3 Å². The van der Waals surface area contributed by atoms with E-state index >= 15 is 0 Å². The molecular weight excluding hydrogens is 420 g/mol. The third-order valence-corrected chi connectivity index (χ3v) is 5.66. The monoisotopic (exact) mass is 438 g/mol. The molecule has 0 saturated heterocycles. The first-order valence-corrected chi connectivity index (χ1v) is 10.7. The lowest BCUT2D eigenvalue weighted by atomic mass is 10.1. The molecular formula is C22H19ClN4O2S. The van der Waals surface area contributed by atoms with Crippen LogP contribution in [0, 0.1) is 6.92 Å². The van der Waals surface area contributed by atoms with E-state index in [1.807, 2.05) is 49.4 Å². The van der Waals surface area contributed by atoms with Crippen molar-refractivity contribution in [1.82, 2.24) is 20.1 Å². The van der Waals surface area contributed by atoms with Crippen LogP contribution < -0.4 is 5.32 Å². The van der Waals surface area contributed by atoms with E-state index < -0.39 is 0 Å². The number of amides is 1. The Morgan fingerprint density at radius 1 is 1.10 bits per heavy atom. The summed E-state index contributed by atoms with van der Waals surface area (Å²) in [5, 5.41) is 12.6. The number of hydrogen-bond donors (Lipinski definition) is 1. The summed E-state index contributed by atoms with van der Waals surface area (Å²) in [7, 11) is 0. The highest BCUT2D eigenvalue weighted by molar-refractivity contribution is 7.99. The van der Waals surface area contributed by atoms with Crippen LogP contribution in [0.3, 0.4) is 0 Å². The van der Waals surface area contributed by atoms with Crippen molar-refractivity contribution in [3.8, 4) is 17.3 Å². The van der Waals surface area contributed by atoms with Gasteiger partial charge in [-0.25, -0.2) is 0 Å². The van der Waals surface area contributed by atoms with Gasteiger partial charge < -0.3 is 9.73 Å². The predicted molar refractivity (Wildman–Crippen MR) is 118 cm³/mol. The van der Waals surface area contributed by atoms with Crippen LogP contribution in [0.15, 0.2) is 76.5 Å². The Hall–Kier alpha value is -3.03. The minimum Gasteiger partial charge on any atom is -0.461 e. The van der Waals surface area contributed by atoms with Crippen LogP contribution in [0.4, 0.5) is 0 Å². The Morgan fingerprint density at radius 3 is 2.63 bits per heavy atom. The zero-order valence-electron chi connectivity index (χ0n) is 16.2. The number of nitrogens with zero attached hydrogens (tertiary/aromatic N) is 3. The largest absolute Gasteiger partial charge is 0.461 e. The van der Waals surface area contributed by atoms with Gasteiger partial charge in [0.05, 0.1) is 22.7 Å². The molecule has 0 bridgehead atoms. The zero-order valence-corrected chi connectivity index (χ0v) is 17.8. The Morgan fingerprint density at radius 2 is 1.90 bits per heavy atom. The summed E-state index contributed by atoms with van der Waals surface area (Å²) in [5.74, 6) is 1.20. The predicted octanol–water partition coefficient (Wildman–Crippen LogP) is 4.90. The Bertz CT molecular complexity index is 1140. The third-order valence-electron chi connectivity index (χ3n) is 4.41. The number of hydrogen-bond acceptors (Lipinski definition) is 5. The van der Waals surface area contributed by atoms with Gasteiger partial charge in [0.2, 0.25) is 11.7 Å². The fourth-order valence-corrected chi connectivity index (χ4v) is 3.86. The van der Waals surface area contributed by atoms with E-state index in [0.717, 1.165) is 11.3 Å². The highest BCUT2D eigenvalue weighted by Gasteiger charge is 2.20. The van der Waals surface area contributed by atoms with Crippen molar-refractivity contribution in [3.63, 3.8) is 0 Å². The lowest BCUT2D eigenvalue weighted by Gasteiger charge is -2.11.